The van der Waals surface area contributed by atoms with Crippen LogP contribution in [-0.4, -0.2) is 15.3 Å². The summed E-state index contributed by atoms with van der Waals surface area (Å²) in [7, 11) is 0. The van der Waals surface area contributed by atoms with Crippen molar-refractivity contribution < 1.29 is 0 Å². The van der Waals surface area contributed by atoms with Gasteiger partial charge in [0.05, 0.1) is 17.9 Å². The van der Waals surface area contributed by atoms with E-state index < -0.39 is 0 Å². The van der Waals surface area contributed by atoms with Crippen LogP contribution >= 0.6 is 0 Å². The summed E-state index contributed by atoms with van der Waals surface area (Å²) in [6.45, 7) is 2.95. The standard InChI is InChI=1S/C16H13N3/c1-11-10-19-8-7-14-13(16(19)17-11)9-15(18-14)12-5-3-2-4-6-12/h2-9H,10H2,1H3. The van der Waals surface area contributed by atoms with E-state index in [0.29, 0.717) is 0 Å². The second kappa shape index (κ2) is 3.79. The van der Waals surface area contributed by atoms with Crippen LogP contribution in [0.25, 0.3) is 22.5 Å². The van der Waals surface area contributed by atoms with Gasteiger partial charge in [0, 0.05) is 23.0 Å². The number of benzene rings is 1. The average molecular weight is 247 g/mol. The van der Waals surface area contributed by atoms with E-state index in [0.717, 1.165) is 40.6 Å². The maximum atomic E-state index is 4.70. The number of nitrogens with zero attached hydrogens (tertiary/aromatic N) is 3. The Hall–Kier alpha value is -2.42. The molecule has 0 saturated carbocycles. The third-order valence-electron chi connectivity index (χ3n) is 3.49. The van der Waals surface area contributed by atoms with Crippen molar-refractivity contribution >= 4 is 11.5 Å². The van der Waals surface area contributed by atoms with Gasteiger partial charge in [-0.3, -0.25) is 0 Å². The molecule has 3 aliphatic rings. The molecule has 19 heavy (non-hydrogen) atoms. The van der Waals surface area contributed by atoms with Crippen LogP contribution in [0.2, 0.25) is 0 Å². The number of rotatable bonds is 1. The first-order valence-electron chi connectivity index (χ1n) is 6.41. The number of hydrogen-bond donors (Lipinski definition) is 0. The zero-order chi connectivity index (χ0) is 12.8. The van der Waals surface area contributed by atoms with Crippen LogP contribution in [0.5, 0.6) is 0 Å². The van der Waals surface area contributed by atoms with Crippen molar-refractivity contribution in [1.29, 1.82) is 0 Å². The minimum absolute atomic E-state index is 0.886. The molecule has 1 aromatic carbocycles. The van der Waals surface area contributed by atoms with E-state index in [-0.39, 0.29) is 0 Å². The minimum Gasteiger partial charge on any atom is -0.327 e. The summed E-state index contributed by atoms with van der Waals surface area (Å²) < 4.78 is 2.17. The van der Waals surface area contributed by atoms with Crippen LogP contribution in [0.4, 0.5) is 5.82 Å². The van der Waals surface area contributed by atoms with Gasteiger partial charge in [0.25, 0.3) is 0 Å². The van der Waals surface area contributed by atoms with E-state index in [1.54, 1.807) is 0 Å². The van der Waals surface area contributed by atoms with Crippen molar-refractivity contribution in [2.45, 2.75) is 13.5 Å². The molecule has 3 aliphatic heterocycles. The van der Waals surface area contributed by atoms with Gasteiger partial charge in [-0.25, -0.2) is 9.98 Å². The Labute approximate surface area is 111 Å². The van der Waals surface area contributed by atoms with E-state index in [1.807, 2.05) is 18.2 Å². The summed E-state index contributed by atoms with van der Waals surface area (Å²) in [4.78, 5) is 9.33. The average Bonchev–Trinajstić information content (AvgIpc) is 3.01. The molecule has 0 aliphatic carbocycles. The lowest BCUT2D eigenvalue weighted by Crippen LogP contribution is -1.99. The van der Waals surface area contributed by atoms with Gasteiger partial charge in [-0.2, -0.15) is 0 Å². The molecule has 3 heteroatoms. The van der Waals surface area contributed by atoms with E-state index in [1.165, 1.54) is 0 Å². The predicted molar refractivity (Wildman–Crippen MR) is 77.1 cm³/mol. The third kappa shape index (κ3) is 1.58. The van der Waals surface area contributed by atoms with E-state index in [9.17, 15) is 0 Å². The fourth-order valence-corrected chi connectivity index (χ4v) is 2.60. The van der Waals surface area contributed by atoms with Crippen LogP contribution in [0.1, 0.15) is 6.92 Å². The van der Waals surface area contributed by atoms with Crippen molar-refractivity contribution in [1.82, 2.24) is 9.55 Å². The molecule has 0 aromatic heterocycles. The van der Waals surface area contributed by atoms with Crippen LogP contribution in [0.3, 0.4) is 0 Å². The molecular formula is C16H13N3. The summed E-state index contributed by atoms with van der Waals surface area (Å²) >= 11 is 0. The molecule has 0 spiro atoms. The van der Waals surface area contributed by atoms with Gasteiger partial charge in [0.1, 0.15) is 5.82 Å². The SMILES string of the molecule is CC1=Nc2c3cc(-c4ccccc4)nc-3ccn2C1. The zero-order valence-corrected chi connectivity index (χ0v) is 10.7. The highest BCUT2D eigenvalue weighted by Gasteiger charge is 2.19. The van der Waals surface area contributed by atoms with E-state index in [4.69, 9.17) is 4.98 Å². The second-order valence-electron chi connectivity index (χ2n) is 4.92. The lowest BCUT2D eigenvalue weighted by molar-refractivity contribution is 0.881. The Morgan fingerprint density at radius 2 is 1.89 bits per heavy atom. The third-order valence-corrected chi connectivity index (χ3v) is 3.49. The molecule has 92 valence electrons. The number of aromatic nitrogens is 2. The highest BCUT2D eigenvalue weighted by Crippen LogP contribution is 2.37. The highest BCUT2D eigenvalue weighted by molar-refractivity contribution is 5.91. The first-order chi connectivity index (χ1) is 9.31. The summed E-state index contributed by atoms with van der Waals surface area (Å²) in [6.07, 6.45) is 2.07. The van der Waals surface area contributed by atoms with Crippen molar-refractivity contribution in [2.24, 2.45) is 4.99 Å². The highest BCUT2D eigenvalue weighted by atomic mass is 15.1. The Balaban J connectivity index is 1.94. The van der Waals surface area contributed by atoms with Gasteiger partial charge < -0.3 is 4.57 Å². The van der Waals surface area contributed by atoms with Gasteiger partial charge in [-0.1, -0.05) is 30.3 Å². The number of fused-ring (bicyclic) bond motifs is 3. The molecule has 0 unspecified atom stereocenters. The van der Waals surface area contributed by atoms with Crippen molar-refractivity contribution in [2.75, 3.05) is 0 Å². The Morgan fingerprint density at radius 1 is 1.05 bits per heavy atom. The molecule has 1 aromatic rings. The van der Waals surface area contributed by atoms with Gasteiger partial charge in [0.15, 0.2) is 0 Å². The molecule has 0 radical (unpaired) electrons. The summed E-state index contributed by atoms with van der Waals surface area (Å²) in [5.41, 5.74) is 5.47. The Morgan fingerprint density at radius 3 is 2.74 bits per heavy atom. The predicted octanol–water partition coefficient (Wildman–Crippen LogP) is 3.76. The van der Waals surface area contributed by atoms with Gasteiger partial charge in [-0.05, 0) is 19.1 Å². The first kappa shape index (κ1) is 10.5. The van der Waals surface area contributed by atoms with Crippen molar-refractivity contribution in [3.63, 3.8) is 0 Å². The largest absolute Gasteiger partial charge is 0.327 e. The van der Waals surface area contributed by atoms with Gasteiger partial charge in [0.2, 0.25) is 0 Å². The lowest BCUT2D eigenvalue weighted by atomic mass is 10.1. The number of pyridine rings is 1. The first-order valence-corrected chi connectivity index (χ1v) is 6.41. The maximum absolute atomic E-state index is 4.70. The van der Waals surface area contributed by atoms with Crippen LogP contribution in [0.15, 0.2) is 53.7 Å². The number of hydrogen-bond acceptors (Lipinski definition) is 2. The molecule has 0 atom stereocenters. The summed E-state index contributed by atoms with van der Waals surface area (Å²) in [5.74, 6) is 1.03. The molecule has 4 rings (SSSR count). The lowest BCUT2D eigenvalue weighted by Gasteiger charge is -2.05. The van der Waals surface area contributed by atoms with Crippen LogP contribution < -0.4 is 0 Å². The van der Waals surface area contributed by atoms with Crippen molar-refractivity contribution in [3.05, 3.63) is 48.7 Å². The fraction of sp³-hybridized carbons (Fsp3) is 0.125. The normalized spacial score (nSPS) is 13.6. The zero-order valence-electron chi connectivity index (χ0n) is 10.7. The van der Waals surface area contributed by atoms with Gasteiger partial charge >= 0.3 is 0 Å². The molecule has 0 bridgehead atoms. The molecule has 0 saturated heterocycles. The molecule has 3 heterocycles. The summed E-state index contributed by atoms with van der Waals surface area (Å²) in [5, 5.41) is 0. The smallest absolute Gasteiger partial charge is 0.142 e. The molecule has 0 fully saturated rings. The van der Waals surface area contributed by atoms with Crippen molar-refractivity contribution in [3.8, 4) is 22.5 Å². The molecule has 0 amide bonds. The topological polar surface area (TPSA) is 30.2 Å². The molecular weight excluding hydrogens is 234 g/mol. The number of aliphatic imine (C=N–C) groups is 1. The Bertz CT molecular complexity index is 753. The summed E-state index contributed by atoms with van der Waals surface area (Å²) in [6, 6.07) is 14.5. The van der Waals surface area contributed by atoms with Crippen LogP contribution in [-0.2, 0) is 6.54 Å². The second-order valence-corrected chi connectivity index (χ2v) is 4.92. The monoisotopic (exact) mass is 247 g/mol. The minimum atomic E-state index is 0.886. The van der Waals surface area contributed by atoms with Crippen LogP contribution in [0, 0.1) is 0 Å². The quantitative estimate of drug-likeness (QED) is 0.644. The van der Waals surface area contributed by atoms with E-state index >= 15 is 0 Å². The Kier molecular flexibility index (Phi) is 2.09. The van der Waals surface area contributed by atoms with Gasteiger partial charge in [-0.15, -0.1) is 0 Å². The molecule has 3 nitrogen and oxygen atoms in total. The van der Waals surface area contributed by atoms with E-state index in [2.05, 4.69) is 46.9 Å². The maximum Gasteiger partial charge on any atom is 0.142 e. The molecule has 0 N–H and O–H groups in total. The fourth-order valence-electron chi connectivity index (χ4n) is 2.60.